The van der Waals surface area contributed by atoms with Crippen LogP contribution in [0.2, 0.25) is 0 Å². The molecule has 5 heteroatoms. The summed E-state index contributed by atoms with van der Waals surface area (Å²) in [6.07, 6.45) is 0.674. The molecule has 0 unspecified atom stereocenters. The first-order valence-corrected chi connectivity index (χ1v) is 6.67. The van der Waals surface area contributed by atoms with E-state index >= 15 is 0 Å². The van der Waals surface area contributed by atoms with Crippen molar-refractivity contribution in [2.45, 2.75) is 13.3 Å². The van der Waals surface area contributed by atoms with Gasteiger partial charge in [-0.25, -0.2) is 9.78 Å². The molecule has 0 spiro atoms. The summed E-state index contributed by atoms with van der Waals surface area (Å²) in [4.78, 5) is 17.5. The molecule has 0 aliphatic heterocycles. The normalized spacial score (nSPS) is 10.2. The molecule has 0 radical (unpaired) electrons. The minimum Gasteiger partial charge on any atom is -0.495 e. The number of hydrogen-bond donors (Lipinski definition) is 1. The van der Waals surface area contributed by atoms with Crippen LogP contribution in [-0.4, -0.2) is 30.2 Å². The van der Waals surface area contributed by atoms with Crippen LogP contribution in [-0.2, 0) is 6.42 Å². The number of aromatic nitrogens is 1. The van der Waals surface area contributed by atoms with Gasteiger partial charge in [-0.05, 0) is 30.7 Å². The van der Waals surface area contributed by atoms with E-state index in [1.54, 1.807) is 19.2 Å². The maximum absolute atomic E-state index is 11.2. The minimum absolute atomic E-state index is 0.235. The SMILES string of the molecule is CCc1cc(C(=O)O)cc(N(C)c2ccccc2OC)n1. The second-order valence-electron chi connectivity index (χ2n) is 4.59. The van der Waals surface area contributed by atoms with Crippen molar-refractivity contribution in [2.24, 2.45) is 0 Å². The fourth-order valence-corrected chi connectivity index (χ4v) is 2.08. The minimum atomic E-state index is -0.957. The second kappa shape index (κ2) is 6.26. The second-order valence-corrected chi connectivity index (χ2v) is 4.59. The predicted molar refractivity (Wildman–Crippen MR) is 81.6 cm³/mol. The number of carboxylic acids is 1. The maximum Gasteiger partial charge on any atom is 0.335 e. The number of rotatable bonds is 5. The molecule has 0 fully saturated rings. The number of anilines is 2. The van der Waals surface area contributed by atoms with Crippen LogP contribution in [0, 0.1) is 0 Å². The Morgan fingerprint density at radius 1 is 1.33 bits per heavy atom. The third-order valence-electron chi connectivity index (χ3n) is 3.26. The largest absolute Gasteiger partial charge is 0.495 e. The predicted octanol–water partition coefficient (Wildman–Crippen LogP) is 3.12. The van der Waals surface area contributed by atoms with Gasteiger partial charge >= 0.3 is 5.97 Å². The van der Waals surface area contributed by atoms with Gasteiger partial charge < -0.3 is 14.7 Å². The molecule has 0 atom stereocenters. The quantitative estimate of drug-likeness (QED) is 0.915. The van der Waals surface area contributed by atoms with Crippen LogP contribution in [0.25, 0.3) is 0 Å². The number of pyridine rings is 1. The van der Waals surface area contributed by atoms with Crippen molar-refractivity contribution < 1.29 is 14.6 Å². The molecule has 1 heterocycles. The molecule has 0 aliphatic carbocycles. The van der Waals surface area contributed by atoms with E-state index in [0.29, 0.717) is 18.0 Å². The molecule has 0 saturated heterocycles. The van der Waals surface area contributed by atoms with Crippen molar-refractivity contribution in [2.75, 3.05) is 19.1 Å². The van der Waals surface area contributed by atoms with Gasteiger partial charge in [0.2, 0.25) is 0 Å². The molecule has 21 heavy (non-hydrogen) atoms. The van der Waals surface area contributed by atoms with E-state index in [0.717, 1.165) is 11.4 Å². The lowest BCUT2D eigenvalue weighted by molar-refractivity contribution is 0.0696. The molecule has 0 saturated carbocycles. The van der Waals surface area contributed by atoms with Crippen molar-refractivity contribution in [3.63, 3.8) is 0 Å². The number of aryl methyl sites for hydroxylation is 1. The zero-order chi connectivity index (χ0) is 15.4. The molecule has 1 N–H and O–H groups in total. The van der Waals surface area contributed by atoms with Crippen LogP contribution in [0.5, 0.6) is 5.75 Å². The highest BCUT2D eigenvalue weighted by Gasteiger charge is 2.14. The molecule has 1 aromatic heterocycles. The number of carboxylic acid groups (broad SMARTS) is 1. The molecule has 0 bridgehead atoms. The zero-order valence-corrected chi connectivity index (χ0v) is 12.3. The van der Waals surface area contributed by atoms with Crippen molar-refractivity contribution >= 4 is 17.5 Å². The molecule has 2 aromatic rings. The number of para-hydroxylation sites is 2. The molecular weight excluding hydrogens is 268 g/mol. The van der Waals surface area contributed by atoms with Crippen LogP contribution in [0.1, 0.15) is 23.0 Å². The highest BCUT2D eigenvalue weighted by Crippen LogP contribution is 2.31. The molecule has 110 valence electrons. The number of hydrogen-bond acceptors (Lipinski definition) is 4. The van der Waals surface area contributed by atoms with Crippen molar-refractivity contribution in [1.29, 1.82) is 0 Å². The molecule has 0 amide bonds. The lowest BCUT2D eigenvalue weighted by atomic mass is 10.2. The van der Waals surface area contributed by atoms with Crippen LogP contribution in [0.4, 0.5) is 11.5 Å². The van der Waals surface area contributed by atoms with E-state index in [4.69, 9.17) is 4.74 Å². The number of aromatic carboxylic acids is 1. The van der Waals surface area contributed by atoms with E-state index in [-0.39, 0.29) is 5.56 Å². The molecule has 2 rings (SSSR count). The lowest BCUT2D eigenvalue weighted by Crippen LogP contribution is -2.14. The number of nitrogens with zero attached hydrogens (tertiary/aromatic N) is 2. The highest BCUT2D eigenvalue weighted by molar-refractivity contribution is 5.89. The maximum atomic E-state index is 11.2. The van der Waals surface area contributed by atoms with Crippen LogP contribution < -0.4 is 9.64 Å². The third kappa shape index (κ3) is 3.13. The van der Waals surface area contributed by atoms with Gasteiger partial charge in [0.25, 0.3) is 0 Å². The van der Waals surface area contributed by atoms with Gasteiger partial charge in [-0.1, -0.05) is 19.1 Å². The van der Waals surface area contributed by atoms with Gasteiger partial charge in [-0.2, -0.15) is 0 Å². The van der Waals surface area contributed by atoms with Crippen molar-refractivity contribution in [3.8, 4) is 5.75 Å². The van der Waals surface area contributed by atoms with Gasteiger partial charge in [-0.15, -0.1) is 0 Å². The first kappa shape index (κ1) is 14.8. The Balaban J connectivity index is 2.49. The Morgan fingerprint density at radius 2 is 2.05 bits per heavy atom. The summed E-state index contributed by atoms with van der Waals surface area (Å²) in [5.41, 5.74) is 1.81. The number of benzene rings is 1. The van der Waals surface area contributed by atoms with Crippen molar-refractivity contribution in [1.82, 2.24) is 4.98 Å². The zero-order valence-electron chi connectivity index (χ0n) is 12.3. The fraction of sp³-hybridized carbons (Fsp3) is 0.250. The monoisotopic (exact) mass is 286 g/mol. The van der Waals surface area contributed by atoms with E-state index in [1.807, 2.05) is 43.1 Å². The Bertz CT molecular complexity index is 656. The van der Waals surface area contributed by atoms with E-state index < -0.39 is 5.97 Å². The van der Waals surface area contributed by atoms with Crippen LogP contribution in [0.3, 0.4) is 0 Å². The van der Waals surface area contributed by atoms with Gasteiger partial charge in [0.1, 0.15) is 11.6 Å². The lowest BCUT2D eigenvalue weighted by Gasteiger charge is -2.21. The smallest absolute Gasteiger partial charge is 0.335 e. The summed E-state index contributed by atoms with van der Waals surface area (Å²) in [5.74, 6) is 0.332. The molecular formula is C16H18N2O3. The number of ether oxygens (including phenoxy) is 1. The van der Waals surface area contributed by atoms with Gasteiger partial charge in [0.15, 0.2) is 0 Å². The number of carbonyl (C=O) groups is 1. The van der Waals surface area contributed by atoms with E-state index in [9.17, 15) is 9.90 Å². The summed E-state index contributed by atoms with van der Waals surface area (Å²) in [7, 11) is 3.44. The molecule has 5 nitrogen and oxygen atoms in total. The Labute approximate surface area is 123 Å². The summed E-state index contributed by atoms with van der Waals surface area (Å²) in [6.45, 7) is 1.95. The van der Waals surface area contributed by atoms with Gasteiger partial charge in [0.05, 0.1) is 18.4 Å². The summed E-state index contributed by atoms with van der Waals surface area (Å²) in [5, 5.41) is 9.21. The first-order valence-electron chi connectivity index (χ1n) is 6.67. The fourth-order valence-electron chi connectivity index (χ4n) is 2.08. The standard InChI is InChI=1S/C16H18N2O3/c1-4-12-9-11(16(19)20)10-15(17-12)18(2)13-7-5-6-8-14(13)21-3/h5-10H,4H2,1-3H3,(H,19,20). The van der Waals surface area contributed by atoms with Gasteiger partial charge in [-0.3, -0.25) is 0 Å². The number of methoxy groups -OCH3 is 1. The Morgan fingerprint density at radius 3 is 2.67 bits per heavy atom. The topological polar surface area (TPSA) is 62.7 Å². The molecule has 1 aromatic carbocycles. The first-order chi connectivity index (χ1) is 10.1. The van der Waals surface area contributed by atoms with Crippen molar-refractivity contribution in [3.05, 3.63) is 47.7 Å². The molecule has 0 aliphatic rings. The van der Waals surface area contributed by atoms with Crippen LogP contribution in [0.15, 0.2) is 36.4 Å². The van der Waals surface area contributed by atoms with Crippen LogP contribution >= 0.6 is 0 Å². The Hall–Kier alpha value is -2.56. The van der Waals surface area contributed by atoms with E-state index in [1.165, 1.54) is 0 Å². The summed E-state index contributed by atoms with van der Waals surface area (Å²) < 4.78 is 5.34. The highest BCUT2D eigenvalue weighted by atomic mass is 16.5. The Kier molecular flexibility index (Phi) is 4.42. The summed E-state index contributed by atoms with van der Waals surface area (Å²) in [6, 6.07) is 10.7. The van der Waals surface area contributed by atoms with Gasteiger partial charge in [0, 0.05) is 12.7 Å². The average molecular weight is 286 g/mol. The third-order valence-corrected chi connectivity index (χ3v) is 3.26. The average Bonchev–Trinajstić information content (AvgIpc) is 2.53. The van der Waals surface area contributed by atoms with E-state index in [2.05, 4.69) is 4.98 Å². The summed E-state index contributed by atoms with van der Waals surface area (Å²) >= 11 is 0.